The number of aryl methyl sites for hydroxylation is 1. The molecule has 2 aromatic heterocycles. The third-order valence-electron chi connectivity index (χ3n) is 3.71. The number of hydrogen-bond donors (Lipinski definition) is 2. The molecule has 0 aliphatic carbocycles. The zero-order valence-electron chi connectivity index (χ0n) is 14.2. The minimum atomic E-state index is -0.144. The maximum Gasteiger partial charge on any atom is 0.251 e. The van der Waals surface area contributed by atoms with E-state index in [4.69, 9.17) is 8.94 Å². The van der Waals surface area contributed by atoms with Crippen molar-refractivity contribution in [1.29, 1.82) is 0 Å². The van der Waals surface area contributed by atoms with E-state index in [1.54, 1.807) is 43.4 Å². The number of carbonyl (C=O) groups is 2. The van der Waals surface area contributed by atoms with Crippen LogP contribution in [-0.2, 0) is 17.8 Å². The minimum Gasteiger partial charge on any atom is -0.461 e. The van der Waals surface area contributed by atoms with Crippen LogP contribution < -0.4 is 10.6 Å². The van der Waals surface area contributed by atoms with Gasteiger partial charge in [0, 0.05) is 32.0 Å². The quantitative estimate of drug-likeness (QED) is 0.671. The van der Waals surface area contributed by atoms with Crippen molar-refractivity contribution in [1.82, 2.24) is 20.8 Å². The lowest BCUT2D eigenvalue weighted by molar-refractivity contribution is -0.121. The molecule has 0 bridgehead atoms. The van der Waals surface area contributed by atoms with E-state index in [-0.39, 0.29) is 18.2 Å². The first-order chi connectivity index (χ1) is 12.7. The van der Waals surface area contributed by atoms with Crippen molar-refractivity contribution >= 4 is 11.8 Å². The zero-order chi connectivity index (χ0) is 18.4. The van der Waals surface area contributed by atoms with E-state index < -0.39 is 0 Å². The van der Waals surface area contributed by atoms with Crippen LogP contribution in [0.25, 0.3) is 11.6 Å². The number of amides is 2. The van der Waals surface area contributed by atoms with E-state index in [1.165, 1.54) is 6.26 Å². The second-order valence-corrected chi connectivity index (χ2v) is 5.54. The number of furan rings is 1. The van der Waals surface area contributed by atoms with Gasteiger partial charge in [0.15, 0.2) is 5.76 Å². The number of nitrogens with one attached hydrogen (secondary N) is 2. The van der Waals surface area contributed by atoms with Crippen LogP contribution in [-0.4, -0.2) is 29.0 Å². The predicted molar refractivity (Wildman–Crippen MR) is 92.0 cm³/mol. The molecule has 8 nitrogen and oxygen atoms in total. The molecule has 2 N–H and O–H groups in total. The second-order valence-electron chi connectivity index (χ2n) is 5.54. The van der Waals surface area contributed by atoms with Crippen molar-refractivity contribution < 1.29 is 18.5 Å². The molecule has 0 unspecified atom stereocenters. The van der Waals surface area contributed by atoms with E-state index >= 15 is 0 Å². The molecule has 1 aromatic carbocycles. The standard InChI is InChI=1S/C18H18N4O4/c1-19-18(24)13-6-4-12(5-7-13)11-20-15(23)8-9-16-21-17(22-26-16)14-3-2-10-25-14/h2-7,10H,8-9,11H2,1H3,(H,19,24)(H,20,23). The number of carbonyl (C=O) groups excluding carboxylic acids is 2. The van der Waals surface area contributed by atoms with Gasteiger partial charge in [-0.05, 0) is 29.8 Å². The SMILES string of the molecule is CNC(=O)c1ccc(CNC(=O)CCc2nc(-c3ccco3)no2)cc1. The van der Waals surface area contributed by atoms with Crippen LogP contribution in [0, 0.1) is 0 Å². The molecule has 2 heterocycles. The summed E-state index contributed by atoms with van der Waals surface area (Å²) in [5.41, 5.74) is 1.48. The van der Waals surface area contributed by atoms with Crippen LogP contribution in [0.15, 0.2) is 51.6 Å². The first kappa shape index (κ1) is 17.4. The van der Waals surface area contributed by atoms with Crippen molar-refractivity contribution in [3.8, 4) is 11.6 Å². The number of benzene rings is 1. The summed E-state index contributed by atoms with van der Waals surface area (Å²) in [5, 5.41) is 9.19. The molecule has 8 heteroatoms. The Morgan fingerprint density at radius 2 is 1.96 bits per heavy atom. The zero-order valence-corrected chi connectivity index (χ0v) is 14.2. The average Bonchev–Trinajstić information content (AvgIpc) is 3.36. The van der Waals surface area contributed by atoms with Gasteiger partial charge in [-0.2, -0.15) is 4.98 Å². The Labute approximate surface area is 149 Å². The highest BCUT2D eigenvalue weighted by Crippen LogP contribution is 2.16. The van der Waals surface area contributed by atoms with Crippen molar-refractivity contribution in [2.45, 2.75) is 19.4 Å². The molecule has 0 fully saturated rings. The summed E-state index contributed by atoms with van der Waals surface area (Å²) in [4.78, 5) is 27.6. The van der Waals surface area contributed by atoms with Crippen LogP contribution in [0.2, 0.25) is 0 Å². The molecule has 134 valence electrons. The topological polar surface area (TPSA) is 110 Å². The van der Waals surface area contributed by atoms with Gasteiger partial charge in [-0.15, -0.1) is 0 Å². The molecule has 0 saturated heterocycles. The van der Waals surface area contributed by atoms with E-state index in [0.29, 0.717) is 36.0 Å². The van der Waals surface area contributed by atoms with Gasteiger partial charge in [-0.3, -0.25) is 9.59 Å². The highest BCUT2D eigenvalue weighted by atomic mass is 16.5. The third-order valence-corrected chi connectivity index (χ3v) is 3.71. The Hall–Kier alpha value is -3.42. The fraction of sp³-hybridized carbons (Fsp3) is 0.222. The molecular weight excluding hydrogens is 336 g/mol. The Morgan fingerprint density at radius 1 is 1.15 bits per heavy atom. The van der Waals surface area contributed by atoms with Gasteiger partial charge >= 0.3 is 0 Å². The maximum absolute atomic E-state index is 12.0. The Kier molecular flexibility index (Phi) is 5.43. The van der Waals surface area contributed by atoms with Gasteiger partial charge in [0.2, 0.25) is 17.6 Å². The van der Waals surface area contributed by atoms with Gasteiger partial charge in [0.25, 0.3) is 5.91 Å². The Morgan fingerprint density at radius 3 is 2.65 bits per heavy atom. The predicted octanol–water partition coefficient (Wildman–Crippen LogP) is 1.94. The lowest BCUT2D eigenvalue weighted by Gasteiger charge is -2.05. The smallest absolute Gasteiger partial charge is 0.251 e. The van der Waals surface area contributed by atoms with Crippen LogP contribution in [0.5, 0.6) is 0 Å². The molecule has 0 saturated carbocycles. The van der Waals surface area contributed by atoms with Crippen LogP contribution in [0.3, 0.4) is 0 Å². The summed E-state index contributed by atoms with van der Waals surface area (Å²) in [6.45, 7) is 0.383. The number of aromatic nitrogens is 2. The second kappa shape index (κ2) is 8.11. The van der Waals surface area contributed by atoms with E-state index in [0.717, 1.165) is 5.56 Å². The van der Waals surface area contributed by atoms with Crippen molar-refractivity contribution in [3.63, 3.8) is 0 Å². The first-order valence-electron chi connectivity index (χ1n) is 8.10. The fourth-order valence-electron chi connectivity index (χ4n) is 2.29. The maximum atomic E-state index is 12.0. The molecule has 0 aliphatic rings. The van der Waals surface area contributed by atoms with Crippen LogP contribution in [0.4, 0.5) is 0 Å². The highest BCUT2D eigenvalue weighted by molar-refractivity contribution is 5.93. The Balaban J connectivity index is 1.45. The van der Waals surface area contributed by atoms with E-state index in [1.807, 2.05) is 0 Å². The molecule has 26 heavy (non-hydrogen) atoms. The molecule has 0 radical (unpaired) electrons. The Bertz CT molecular complexity index is 869. The summed E-state index contributed by atoms with van der Waals surface area (Å²) in [6, 6.07) is 10.5. The lowest BCUT2D eigenvalue weighted by Crippen LogP contribution is -2.23. The lowest BCUT2D eigenvalue weighted by atomic mass is 10.1. The van der Waals surface area contributed by atoms with Gasteiger partial charge in [-0.1, -0.05) is 17.3 Å². The molecule has 3 aromatic rings. The van der Waals surface area contributed by atoms with Crippen LogP contribution >= 0.6 is 0 Å². The molecule has 0 aliphatic heterocycles. The van der Waals surface area contributed by atoms with Gasteiger partial charge < -0.3 is 19.6 Å². The summed E-state index contributed by atoms with van der Waals surface area (Å²) < 4.78 is 10.3. The van der Waals surface area contributed by atoms with Gasteiger partial charge in [0.1, 0.15) is 0 Å². The summed E-state index contributed by atoms with van der Waals surface area (Å²) in [6.07, 6.45) is 2.10. The average molecular weight is 354 g/mol. The molecule has 0 spiro atoms. The van der Waals surface area contributed by atoms with Crippen molar-refractivity contribution in [2.24, 2.45) is 0 Å². The van der Waals surface area contributed by atoms with E-state index in [9.17, 15) is 9.59 Å². The molecule has 0 atom stereocenters. The van der Waals surface area contributed by atoms with Gasteiger partial charge in [0.05, 0.1) is 6.26 Å². The third kappa shape index (κ3) is 4.35. The van der Waals surface area contributed by atoms with Gasteiger partial charge in [-0.25, -0.2) is 0 Å². The largest absolute Gasteiger partial charge is 0.461 e. The normalized spacial score (nSPS) is 10.5. The number of hydrogen-bond acceptors (Lipinski definition) is 6. The van der Waals surface area contributed by atoms with Crippen molar-refractivity contribution in [3.05, 3.63) is 59.7 Å². The summed E-state index contributed by atoms with van der Waals surface area (Å²) >= 11 is 0. The minimum absolute atomic E-state index is 0.127. The van der Waals surface area contributed by atoms with Crippen LogP contribution in [0.1, 0.15) is 28.2 Å². The summed E-state index contributed by atoms with van der Waals surface area (Å²) in [5.74, 6) is 0.986. The summed E-state index contributed by atoms with van der Waals surface area (Å²) in [7, 11) is 1.58. The first-order valence-corrected chi connectivity index (χ1v) is 8.10. The molecule has 2 amide bonds. The number of nitrogens with zero attached hydrogens (tertiary/aromatic N) is 2. The molecule has 3 rings (SSSR count). The van der Waals surface area contributed by atoms with Crippen molar-refractivity contribution in [2.75, 3.05) is 7.05 Å². The molecular formula is C18H18N4O4. The highest BCUT2D eigenvalue weighted by Gasteiger charge is 2.12. The monoisotopic (exact) mass is 354 g/mol. The van der Waals surface area contributed by atoms with E-state index in [2.05, 4.69) is 20.8 Å². The number of rotatable bonds is 7. The fourth-order valence-corrected chi connectivity index (χ4v) is 2.29.